The molecule has 1 unspecified atom stereocenters. The van der Waals surface area contributed by atoms with Crippen molar-refractivity contribution in [3.8, 4) is 5.75 Å². The van der Waals surface area contributed by atoms with E-state index >= 15 is 0 Å². The Balaban J connectivity index is 2.01. The van der Waals surface area contributed by atoms with Crippen molar-refractivity contribution in [1.82, 2.24) is 0 Å². The van der Waals surface area contributed by atoms with Crippen LogP contribution in [0.2, 0.25) is 0 Å². The van der Waals surface area contributed by atoms with E-state index in [1.165, 1.54) is 32.9 Å². The highest BCUT2D eigenvalue weighted by Gasteiger charge is 2.19. The molecule has 0 aliphatic rings. The molecule has 29 heavy (non-hydrogen) atoms. The molecule has 3 heteroatoms. The summed E-state index contributed by atoms with van der Waals surface area (Å²) in [6, 6.07) is 23.4. The van der Waals surface area contributed by atoms with Crippen molar-refractivity contribution in [1.29, 1.82) is 0 Å². The molecule has 3 rings (SSSR count). The molecular formula is C26H30NOP. The summed E-state index contributed by atoms with van der Waals surface area (Å²) in [5.41, 5.74) is 4.97. The fraction of sp³-hybridized carbons (Fsp3) is 0.269. The van der Waals surface area contributed by atoms with Crippen LogP contribution in [-0.2, 0) is 12.0 Å². The zero-order valence-electron chi connectivity index (χ0n) is 18.0. The molecule has 0 radical (unpaired) electrons. The van der Waals surface area contributed by atoms with Gasteiger partial charge in [-0.05, 0) is 46.0 Å². The van der Waals surface area contributed by atoms with Crippen molar-refractivity contribution >= 4 is 25.4 Å². The second-order valence-corrected chi connectivity index (χ2v) is 9.62. The minimum atomic E-state index is 0.0896. The van der Waals surface area contributed by atoms with E-state index in [2.05, 4.69) is 93.4 Å². The van der Waals surface area contributed by atoms with Crippen molar-refractivity contribution in [2.24, 2.45) is 4.99 Å². The summed E-state index contributed by atoms with van der Waals surface area (Å²) in [6.07, 6.45) is 1.94. The van der Waals surface area contributed by atoms with Gasteiger partial charge in [0, 0.05) is 18.6 Å². The average Bonchev–Trinajstić information content (AvgIpc) is 2.69. The van der Waals surface area contributed by atoms with Crippen LogP contribution in [0.4, 0.5) is 0 Å². The molecule has 1 atom stereocenters. The predicted molar refractivity (Wildman–Crippen MR) is 128 cm³/mol. The zero-order chi connectivity index (χ0) is 20.9. The topological polar surface area (TPSA) is 21.6 Å². The number of benzene rings is 3. The average molecular weight is 404 g/mol. The maximum atomic E-state index is 6.37. The van der Waals surface area contributed by atoms with Gasteiger partial charge in [-0.15, -0.1) is 0 Å². The third-order valence-electron chi connectivity index (χ3n) is 4.86. The van der Waals surface area contributed by atoms with Crippen molar-refractivity contribution < 1.29 is 4.74 Å². The first-order chi connectivity index (χ1) is 13.9. The number of aliphatic imine (C=N–C) groups is 1. The third-order valence-corrected chi connectivity index (χ3v) is 6.23. The van der Waals surface area contributed by atoms with E-state index in [1.54, 1.807) is 0 Å². The highest BCUT2D eigenvalue weighted by atomic mass is 31.1. The lowest BCUT2D eigenvalue weighted by Gasteiger charge is -2.23. The van der Waals surface area contributed by atoms with Gasteiger partial charge in [0.2, 0.25) is 0 Å². The van der Waals surface area contributed by atoms with E-state index in [1.807, 2.05) is 19.3 Å². The van der Waals surface area contributed by atoms with Crippen LogP contribution in [0.1, 0.15) is 43.0 Å². The van der Waals surface area contributed by atoms with Gasteiger partial charge in [-0.3, -0.25) is 4.99 Å². The molecule has 0 spiro atoms. The summed E-state index contributed by atoms with van der Waals surface area (Å²) < 4.78 is 6.37. The van der Waals surface area contributed by atoms with Crippen molar-refractivity contribution in [3.05, 3.63) is 89.0 Å². The van der Waals surface area contributed by atoms with E-state index in [9.17, 15) is 0 Å². The molecule has 0 heterocycles. The quantitative estimate of drug-likeness (QED) is 0.391. The maximum Gasteiger partial charge on any atom is 0.130 e. The van der Waals surface area contributed by atoms with Crippen LogP contribution >= 0.6 is 8.58 Å². The molecule has 0 N–H and O–H groups in total. The molecule has 0 saturated heterocycles. The Labute approximate surface area is 176 Å². The van der Waals surface area contributed by atoms with Crippen LogP contribution in [0.15, 0.2) is 71.7 Å². The largest absolute Gasteiger partial charge is 0.488 e. The Hall–Kier alpha value is -2.44. The molecule has 0 fully saturated rings. The lowest BCUT2D eigenvalue weighted by Crippen LogP contribution is -2.18. The number of ether oxygens (including phenoxy) is 1. The van der Waals surface area contributed by atoms with Gasteiger partial charge in [-0.2, -0.15) is 0 Å². The smallest absolute Gasteiger partial charge is 0.130 e. The fourth-order valence-electron chi connectivity index (χ4n) is 3.23. The predicted octanol–water partition coefficient (Wildman–Crippen LogP) is 5.55. The second kappa shape index (κ2) is 9.37. The molecule has 3 aromatic carbocycles. The molecule has 2 nitrogen and oxygen atoms in total. The van der Waals surface area contributed by atoms with E-state index in [4.69, 9.17) is 4.74 Å². The lowest BCUT2D eigenvalue weighted by molar-refractivity contribution is 0.306. The normalized spacial score (nSPS) is 12.2. The number of aryl methyl sites for hydroxylation is 1. The van der Waals surface area contributed by atoms with Gasteiger partial charge < -0.3 is 4.74 Å². The zero-order valence-corrected chi connectivity index (χ0v) is 19.0. The number of nitrogens with zero attached hydrogens (tertiary/aromatic N) is 1. The van der Waals surface area contributed by atoms with E-state index in [-0.39, 0.29) is 5.41 Å². The standard InChI is InChI=1S/C26H30NOP/c1-19-15-22(26(2,3)4)16-24(25(19)28-18-20-11-7-6-8-12-20)29-23-14-10-9-13-21(23)17-27-5/h6-17,29H,18H2,1-5H3. The molecule has 0 amide bonds. The van der Waals surface area contributed by atoms with Gasteiger partial charge in [-0.1, -0.05) is 90.0 Å². The summed E-state index contributed by atoms with van der Waals surface area (Å²) in [5.74, 6) is 1.00. The van der Waals surface area contributed by atoms with E-state index < -0.39 is 0 Å². The van der Waals surface area contributed by atoms with Crippen LogP contribution < -0.4 is 15.3 Å². The monoisotopic (exact) mass is 403 g/mol. The number of rotatable bonds is 6. The molecule has 0 saturated carbocycles. The van der Waals surface area contributed by atoms with Gasteiger partial charge in [0.25, 0.3) is 0 Å². The van der Waals surface area contributed by atoms with Gasteiger partial charge >= 0.3 is 0 Å². The van der Waals surface area contributed by atoms with Crippen LogP contribution in [0.5, 0.6) is 5.75 Å². The van der Waals surface area contributed by atoms with E-state index in [0.717, 1.165) is 5.75 Å². The Morgan fingerprint density at radius 3 is 2.31 bits per heavy atom. The van der Waals surface area contributed by atoms with Crippen LogP contribution in [0.3, 0.4) is 0 Å². The Kier molecular flexibility index (Phi) is 6.87. The lowest BCUT2D eigenvalue weighted by atomic mass is 9.86. The molecule has 0 aromatic heterocycles. The fourth-order valence-corrected chi connectivity index (χ4v) is 4.60. The molecule has 3 aromatic rings. The van der Waals surface area contributed by atoms with Crippen LogP contribution in [0, 0.1) is 6.92 Å². The number of hydrogen-bond acceptors (Lipinski definition) is 2. The summed E-state index contributed by atoms with van der Waals surface area (Å²) in [4.78, 5) is 4.23. The SMILES string of the molecule is CN=Cc1ccccc1Pc1cc(C(C)(C)C)cc(C)c1OCc1ccccc1. The first-order valence-electron chi connectivity index (χ1n) is 9.98. The van der Waals surface area contributed by atoms with E-state index in [0.29, 0.717) is 15.2 Å². The maximum absolute atomic E-state index is 6.37. The van der Waals surface area contributed by atoms with Crippen molar-refractivity contribution in [2.75, 3.05) is 7.05 Å². The van der Waals surface area contributed by atoms with Gasteiger partial charge in [-0.25, -0.2) is 0 Å². The Morgan fingerprint density at radius 1 is 0.931 bits per heavy atom. The third kappa shape index (κ3) is 5.55. The van der Waals surface area contributed by atoms with Crippen molar-refractivity contribution in [3.63, 3.8) is 0 Å². The highest BCUT2D eigenvalue weighted by Crippen LogP contribution is 2.31. The molecular weight excluding hydrogens is 373 g/mol. The Bertz CT molecular complexity index is 987. The minimum Gasteiger partial charge on any atom is -0.488 e. The van der Waals surface area contributed by atoms with Crippen molar-refractivity contribution in [2.45, 2.75) is 39.7 Å². The molecule has 0 aliphatic heterocycles. The van der Waals surface area contributed by atoms with Gasteiger partial charge in [0.15, 0.2) is 0 Å². The minimum absolute atomic E-state index is 0.0896. The summed E-state index contributed by atoms with van der Waals surface area (Å²) in [5, 5.41) is 2.54. The molecule has 0 bridgehead atoms. The second-order valence-electron chi connectivity index (χ2n) is 8.29. The first-order valence-corrected chi connectivity index (χ1v) is 11.0. The van der Waals surface area contributed by atoms with Gasteiger partial charge in [0.05, 0.1) is 0 Å². The molecule has 150 valence electrons. The first kappa shape index (κ1) is 21.3. The van der Waals surface area contributed by atoms with Crippen LogP contribution in [-0.4, -0.2) is 13.3 Å². The summed E-state index contributed by atoms with van der Waals surface area (Å²) in [7, 11) is 2.33. The Morgan fingerprint density at radius 2 is 1.62 bits per heavy atom. The molecule has 0 aliphatic carbocycles. The highest BCUT2D eigenvalue weighted by molar-refractivity contribution is 7.56. The summed E-state index contributed by atoms with van der Waals surface area (Å²) >= 11 is 0. The summed E-state index contributed by atoms with van der Waals surface area (Å²) in [6.45, 7) is 9.51. The number of hydrogen-bond donors (Lipinski definition) is 0. The van der Waals surface area contributed by atoms with Gasteiger partial charge in [0.1, 0.15) is 12.4 Å². The van der Waals surface area contributed by atoms with Crippen LogP contribution in [0.25, 0.3) is 0 Å².